The van der Waals surface area contributed by atoms with Crippen molar-refractivity contribution in [2.75, 3.05) is 0 Å². The molecule has 0 aliphatic heterocycles. The van der Waals surface area contributed by atoms with Gasteiger partial charge in [-0.2, -0.15) is 5.26 Å². The van der Waals surface area contributed by atoms with Crippen LogP contribution >= 0.6 is 11.6 Å². The van der Waals surface area contributed by atoms with E-state index in [1.807, 2.05) is 50.2 Å². The Hall–Kier alpha value is -1.98. The van der Waals surface area contributed by atoms with Crippen molar-refractivity contribution in [3.63, 3.8) is 0 Å². The number of rotatable bonds is 4. The van der Waals surface area contributed by atoms with E-state index in [-0.39, 0.29) is 0 Å². The molecular weight excluding hydrogens is 270 g/mol. The van der Waals surface area contributed by atoms with Gasteiger partial charge in [-0.25, -0.2) is 0 Å². The number of nitriles is 1. The molecule has 3 heteroatoms. The predicted octanol–water partition coefficient (Wildman–Crippen LogP) is 4.49. The van der Waals surface area contributed by atoms with Gasteiger partial charge in [0.15, 0.2) is 0 Å². The number of benzene rings is 2. The lowest BCUT2D eigenvalue weighted by molar-refractivity contribution is 0.301. The van der Waals surface area contributed by atoms with E-state index < -0.39 is 0 Å². The third kappa shape index (κ3) is 3.12. The molecule has 0 fully saturated rings. The zero-order chi connectivity index (χ0) is 14.5. The van der Waals surface area contributed by atoms with Crippen LogP contribution in [0, 0.1) is 25.2 Å². The van der Waals surface area contributed by atoms with Gasteiger partial charge in [0.25, 0.3) is 0 Å². The summed E-state index contributed by atoms with van der Waals surface area (Å²) in [6.07, 6.45) is 0. The van der Waals surface area contributed by atoms with Crippen LogP contribution in [0.4, 0.5) is 0 Å². The lowest BCUT2D eigenvalue weighted by Gasteiger charge is -2.14. The van der Waals surface area contributed by atoms with E-state index in [1.54, 1.807) is 0 Å². The molecule has 0 aliphatic rings. The Balaban J connectivity index is 2.19. The SMILES string of the molecule is Cc1cc(C#N)ccc1COc1c(C)cccc1CCl. The molecule has 102 valence electrons. The summed E-state index contributed by atoms with van der Waals surface area (Å²) in [5, 5.41) is 8.87. The second-order valence-corrected chi connectivity index (χ2v) is 5.01. The minimum absolute atomic E-state index is 0.434. The van der Waals surface area contributed by atoms with Crippen molar-refractivity contribution in [2.24, 2.45) is 0 Å². The van der Waals surface area contributed by atoms with E-state index in [0.717, 1.165) is 28.0 Å². The second-order valence-electron chi connectivity index (χ2n) is 4.74. The first-order valence-corrected chi connectivity index (χ1v) is 6.96. The van der Waals surface area contributed by atoms with Gasteiger partial charge in [-0.05, 0) is 42.7 Å². The van der Waals surface area contributed by atoms with Gasteiger partial charge >= 0.3 is 0 Å². The number of hydrogen-bond donors (Lipinski definition) is 0. The van der Waals surface area contributed by atoms with E-state index in [9.17, 15) is 0 Å². The molecule has 2 rings (SSSR count). The number of halogens is 1. The van der Waals surface area contributed by atoms with Gasteiger partial charge in [0.1, 0.15) is 12.4 Å². The Labute approximate surface area is 124 Å². The Morgan fingerprint density at radius 1 is 1.10 bits per heavy atom. The number of alkyl halides is 1. The highest BCUT2D eigenvalue weighted by atomic mass is 35.5. The molecule has 0 N–H and O–H groups in total. The molecule has 0 spiro atoms. The molecular formula is C17H16ClNO. The highest BCUT2D eigenvalue weighted by Crippen LogP contribution is 2.26. The highest BCUT2D eigenvalue weighted by molar-refractivity contribution is 6.17. The van der Waals surface area contributed by atoms with Crippen LogP contribution in [0.3, 0.4) is 0 Å². The van der Waals surface area contributed by atoms with Crippen molar-refractivity contribution in [1.82, 2.24) is 0 Å². The fourth-order valence-corrected chi connectivity index (χ4v) is 2.31. The standard InChI is InChI=1S/C17H16ClNO/c1-12-4-3-5-15(9-18)17(12)20-11-16-7-6-14(10-19)8-13(16)2/h3-8H,9,11H2,1-2H3. The van der Waals surface area contributed by atoms with E-state index in [0.29, 0.717) is 18.1 Å². The Morgan fingerprint density at radius 3 is 2.55 bits per heavy atom. The maximum atomic E-state index is 8.87. The molecule has 0 heterocycles. The van der Waals surface area contributed by atoms with Crippen molar-refractivity contribution < 1.29 is 4.74 Å². The first-order valence-electron chi connectivity index (χ1n) is 6.42. The van der Waals surface area contributed by atoms with E-state index in [1.165, 1.54) is 0 Å². The smallest absolute Gasteiger partial charge is 0.127 e. The summed E-state index contributed by atoms with van der Waals surface area (Å²) in [6.45, 7) is 4.48. The highest BCUT2D eigenvalue weighted by Gasteiger charge is 2.07. The van der Waals surface area contributed by atoms with Crippen LogP contribution in [0.15, 0.2) is 36.4 Å². The van der Waals surface area contributed by atoms with Crippen LogP contribution < -0.4 is 4.74 Å². The molecule has 2 nitrogen and oxygen atoms in total. The average Bonchev–Trinajstić information content (AvgIpc) is 2.46. The molecule has 0 atom stereocenters. The van der Waals surface area contributed by atoms with Crippen LogP contribution in [0.25, 0.3) is 0 Å². The normalized spacial score (nSPS) is 10.1. The summed E-state index contributed by atoms with van der Waals surface area (Å²) in [5.41, 5.74) is 4.88. The molecule has 0 saturated carbocycles. The second kappa shape index (κ2) is 6.45. The summed E-state index contributed by atoms with van der Waals surface area (Å²) >= 11 is 5.94. The largest absolute Gasteiger partial charge is 0.488 e. The third-order valence-corrected chi connectivity index (χ3v) is 3.57. The fraction of sp³-hybridized carbons (Fsp3) is 0.235. The monoisotopic (exact) mass is 285 g/mol. The first kappa shape index (κ1) is 14.4. The van der Waals surface area contributed by atoms with Crippen molar-refractivity contribution in [2.45, 2.75) is 26.3 Å². The molecule has 2 aromatic carbocycles. The molecule has 0 aliphatic carbocycles. The fourth-order valence-electron chi connectivity index (χ4n) is 2.10. The van der Waals surface area contributed by atoms with Crippen LogP contribution in [0.2, 0.25) is 0 Å². The number of ether oxygens (including phenoxy) is 1. The van der Waals surface area contributed by atoms with Gasteiger partial charge in [-0.3, -0.25) is 0 Å². The average molecular weight is 286 g/mol. The van der Waals surface area contributed by atoms with Gasteiger partial charge in [0, 0.05) is 5.56 Å². The summed E-state index contributed by atoms with van der Waals surface area (Å²) < 4.78 is 5.93. The van der Waals surface area contributed by atoms with Crippen LogP contribution in [-0.2, 0) is 12.5 Å². The molecule has 0 unspecified atom stereocenters. The zero-order valence-corrected chi connectivity index (χ0v) is 12.4. The van der Waals surface area contributed by atoms with E-state index in [2.05, 4.69) is 6.07 Å². The van der Waals surface area contributed by atoms with Crippen molar-refractivity contribution in [3.05, 3.63) is 64.2 Å². The van der Waals surface area contributed by atoms with Crippen LogP contribution in [-0.4, -0.2) is 0 Å². The van der Waals surface area contributed by atoms with Gasteiger partial charge in [0.05, 0.1) is 17.5 Å². The zero-order valence-electron chi connectivity index (χ0n) is 11.6. The number of aryl methyl sites for hydroxylation is 2. The van der Waals surface area contributed by atoms with E-state index >= 15 is 0 Å². The molecule has 0 radical (unpaired) electrons. The van der Waals surface area contributed by atoms with Crippen LogP contribution in [0.5, 0.6) is 5.75 Å². The van der Waals surface area contributed by atoms with Crippen molar-refractivity contribution >= 4 is 11.6 Å². The minimum Gasteiger partial charge on any atom is -0.488 e. The summed E-state index contributed by atoms with van der Waals surface area (Å²) in [7, 11) is 0. The Kier molecular flexibility index (Phi) is 4.65. The van der Waals surface area contributed by atoms with Crippen molar-refractivity contribution in [3.8, 4) is 11.8 Å². The van der Waals surface area contributed by atoms with Crippen LogP contribution in [0.1, 0.15) is 27.8 Å². The summed E-state index contributed by atoms with van der Waals surface area (Å²) in [4.78, 5) is 0. The van der Waals surface area contributed by atoms with Gasteiger partial charge in [-0.15, -0.1) is 11.6 Å². The molecule has 0 bridgehead atoms. The summed E-state index contributed by atoms with van der Waals surface area (Å²) in [6, 6.07) is 13.7. The summed E-state index contributed by atoms with van der Waals surface area (Å²) in [5.74, 6) is 1.29. The van der Waals surface area contributed by atoms with Gasteiger partial charge in [0.2, 0.25) is 0 Å². The lowest BCUT2D eigenvalue weighted by Crippen LogP contribution is -2.01. The van der Waals surface area contributed by atoms with Gasteiger partial charge in [-0.1, -0.05) is 24.3 Å². The third-order valence-electron chi connectivity index (χ3n) is 3.28. The molecule has 2 aromatic rings. The maximum Gasteiger partial charge on any atom is 0.127 e. The van der Waals surface area contributed by atoms with E-state index in [4.69, 9.17) is 21.6 Å². The molecule has 20 heavy (non-hydrogen) atoms. The Morgan fingerprint density at radius 2 is 1.90 bits per heavy atom. The lowest BCUT2D eigenvalue weighted by atomic mass is 10.1. The predicted molar refractivity (Wildman–Crippen MR) is 81.0 cm³/mol. The quantitative estimate of drug-likeness (QED) is 0.775. The van der Waals surface area contributed by atoms with Gasteiger partial charge < -0.3 is 4.74 Å². The number of nitrogens with zero attached hydrogens (tertiary/aromatic N) is 1. The molecule has 0 aromatic heterocycles. The Bertz CT molecular complexity index is 659. The topological polar surface area (TPSA) is 33.0 Å². The maximum absolute atomic E-state index is 8.87. The number of para-hydroxylation sites is 1. The molecule has 0 saturated heterocycles. The first-order chi connectivity index (χ1) is 9.65. The molecule has 0 amide bonds. The minimum atomic E-state index is 0.434. The number of hydrogen-bond acceptors (Lipinski definition) is 2. The van der Waals surface area contributed by atoms with Crippen molar-refractivity contribution in [1.29, 1.82) is 5.26 Å².